The van der Waals surface area contributed by atoms with Gasteiger partial charge in [-0.15, -0.1) is 0 Å². The molecule has 2 heterocycles. The van der Waals surface area contributed by atoms with Crippen LogP contribution in [0.4, 0.5) is 11.4 Å². The van der Waals surface area contributed by atoms with Gasteiger partial charge in [-0.3, -0.25) is 4.98 Å². The first kappa shape index (κ1) is 12.8. The molecule has 2 fully saturated rings. The number of nitrogens with one attached hydrogen (secondary N) is 1. The van der Waals surface area contributed by atoms with Crippen molar-refractivity contribution in [2.45, 2.75) is 32.1 Å². The number of oxazole rings is 1. The Hall–Kier alpha value is -1.91. The van der Waals surface area contributed by atoms with Crippen LogP contribution in [0, 0.1) is 11.8 Å². The monoisotopic (exact) mass is 287 g/mol. The number of H-pyrrole nitrogens is 1. The highest BCUT2D eigenvalue weighted by Crippen LogP contribution is 2.39. The van der Waals surface area contributed by atoms with Gasteiger partial charge in [0.05, 0.1) is 16.9 Å². The van der Waals surface area contributed by atoms with Crippen molar-refractivity contribution in [1.29, 1.82) is 0 Å². The molecule has 0 bridgehead atoms. The zero-order valence-electron chi connectivity index (χ0n) is 12.1. The summed E-state index contributed by atoms with van der Waals surface area (Å²) in [6.07, 6.45) is 6.74. The number of piperidine rings is 1. The quantitative estimate of drug-likeness (QED) is 0.791. The summed E-state index contributed by atoms with van der Waals surface area (Å²) >= 11 is 0. The number of nitrogens with zero attached hydrogens (tertiary/aromatic N) is 1. The van der Waals surface area contributed by atoms with Crippen LogP contribution in [0.1, 0.15) is 32.1 Å². The van der Waals surface area contributed by atoms with Gasteiger partial charge < -0.3 is 15.1 Å². The van der Waals surface area contributed by atoms with E-state index < -0.39 is 5.76 Å². The van der Waals surface area contributed by atoms with Gasteiger partial charge in [0.25, 0.3) is 0 Å². The lowest BCUT2D eigenvalue weighted by Crippen LogP contribution is -2.42. The molecule has 1 saturated heterocycles. The summed E-state index contributed by atoms with van der Waals surface area (Å²) in [6.45, 7) is 2.14. The Morgan fingerprint density at radius 2 is 2.00 bits per heavy atom. The molecule has 2 atom stereocenters. The first-order valence-electron chi connectivity index (χ1n) is 7.88. The Bertz CT molecular complexity index is 718. The van der Waals surface area contributed by atoms with Crippen molar-refractivity contribution >= 4 is 22.5 Å². The van der Waals surface area contributed by atoms with Crippen LogP contribution in [-0.2, 0) is 0 Å². The number of hydrogen-bond donors (Lipinski definition) is 2. The zero-order valence-corrected chi connectivity index (χ0v) is 12.1. The molecule has 2 aromatic rings. The Kier molecular flexibility index (Phi) is 2.94. The number of anilines is 2. The third-order valence-corrected chi connectivity index (χ3v) is 5.20. The van der Waals surface area contributed by atoms with Crippen molar-refractivity contribution in [1.82, 2.24) is 4.98 Å². The van der Waals surface area contributed by atoms with Crippen molar-refractivity contribution in [3.05, 3.63) is 22.7 Å². The second-order valence-electron chi connectivity index (χ2n) is 6.46. The van der Waals surface area contributed by atoms with Gasteiger partial charge in [-0.2, -0.15) is 0 Å². The fourth-order valence-corrected chi connectivity index (χ4v) is 4.10. The average Bonchev–Trinajstić information content (AvgIpc) is 2.85. The van der Waals surface area contributed by atoms with Crippen LogP contribution in [-0.4, -0.2) is 18.1 Å². The zero-order chi connectivity index (χ0) is 14.4. The normalized spacial score (nSPS) is 26.0. The third kappa shape index (κ3) is 2.20. The lowest BCUT2D eigenvalue weighted by Gasteiger charge is -2.42. The van der Waals surface area contributed by atoms with Crippen molar-refractivity contribution in [3.8, 4) is 0 Å². The average molecular weight is 287 g/mol. The third-order valence-electron chi connectivity index (χ3n) is 5.20. The first-order valence-corrected chi connectivity index (χ1v) is 7.88. The molecule has 2 unspecified atom stereocenters. The van der Waals surface area contributed by atoms with E-state index in [-0.39, 0.29) is 0 Å². The topological polar surface area (TPSA) is 75.3 Å². The summed E-state index contributed by atoms with van der Waals surface area (Å²) in [5, 5.41) is 0. The molecule has 21 heavy (non-hydrogen) atoms. The van der Waals surface area contributed by atoms with Crippen LogP contribution in [0.25, 0.3) is 11.1 Å². The van der Waals surface area contributed by atoms with Crippen LogP contribution in [0.3, 0.4) is 0 Å². The van der Waals surface area contributed by atoms with Gasteiger partial charge in [-0.1, -0.05) is 19.3 Å². The Morgan fingerprint density at radius 1 is 1.19 bits per heavy atom. The van der Waals surface area contributed by atoms with E-state index in [9.17, 15) is 4.79 Å². The SMILES string of the molecule is Nc1cc2oc(=O)[nH]c2cc1N1CCC2CCCCC2C1. The maximum Gasteiger partial charge on any atom is 0.417 e. The van der Waals surface area contributed by atoms with Gasteiger partial charge in [0.1, 0.15) is 0 Å². The predicted octanol–water partition coefficient (Wildman–Crippen LogP) is 2.72. The Labute approximate surface area is 123 Å². The minimum absolute atomic E-state index is 0.424. The minimum atomic E-state index is -0.424. The van der Waals surface area contributed by atoms with Gasteiger partial charge in [0.2, 0.25) is 0 Å². The smallest absolute Gasteiger partial charge is 0.408 e. The molecule has 0 radical (unpaired) electrons. The van der Waals surface area contributed by atoms with E-state index in [1.54, 1.807) is 6.07 Å². The highest BCUT2D eigenvalue weighted by molar-refractivity contribution is 5.85. The standard InChI is InChI=1S/C16H21N3O2/c17-12-7-15-13(18-16(20)21-15)8-14(12)19-6-5-10-3-1-2-4-11(10)9-19/h7-8,10-11H,1-6,9,17H2,(H,18,20). The van der Waals surface area contributed by atoms with Gasteiger partial charge in [-0.25, -0.2) is 4.79 Å². The van der Waals surface area contributed by atoms with E-state index in [0.717, 1.165) is 36.1 Å². The maximum atomic E-state index is 11.3. The van der Waals surface area contributed by atoms with E-state index in [0.29, 0.717) is 11.3 Å². The number of hydrogen-bond acceptors (Lipinski definition) is 4. The van der Waals surface area contributed by atoms with Gasteiger partial charge in [-0.05, 0) is 30.7 Å². The second-order valence-corrected chi connectivity index (χ2v) is 6.46. The van der Waals surface area contributed by atoms with Gasteiger partial charge in [0.15, 0.2) is 5.58 Å². The number of rotatable bonds is 1. The Balaban J connectivity index is 1.66. The summed E-state index contributed by atoms with van der Waals surface area (Å²) < 4.78 is 5.07. The Morgan fingerprint density at radius 3 is 2.86 bits per heavy atom. The molecule has 112 valence electrons. The predicted molar refractivity (Wildman–Crippen MR) is 83.5 cm³/mol. The van der Waals surface area contributed by atoms with Crippen molar-refractivity contribution < 1.29 is 4.42 Å². The molecular formula is C16H21N3O2. The highest BCUT2D eigenvalue weighted by Gasteiger charge is 2.31. The molecule has 4 rings (SSSR count). The largest absolute Gasteiger partial charge is 0.417 e. The van der Waals surface area contributed by atoms with Crippen molar-refractivity contribution in [3.63, 3.8) is 0 Å². The number of aromatic nitrogens is 1. The molecule has 0 amide bonds. The number of nitrogens with two attached hydrogens (primary N) is 1. The lowest BCUT2D eigenvalue weighted by molar-refractivity contribution is 0.202. The summed E-state index contributed by atoms with van der Waals surface area (Å²) in [6, 6.07) is 3.72. The molecule has 1 saturated carbocycles. The fourth-order valence-electron chi connectivity index (χ4n) is 4.10. The van der Waals surface area contributed by atoms with Crippen LogP contribution in [0.2, 0.25) is 0 Å². The van der Waals surface area contributed by atoms with Crippen molar-refractivity contribution in [2.24, 2.45) is 11.8 Å². The van der Waals surface area contributed by atoms with Gasteiger partial charge in [0, 0.05) is 19.2 Å². The van der Waals surface area contributed by atoms with Crippen LogP contribution in [0.15, 0.2) is 21.3 Å². The number of fused-ring (bicyclic) bond motifs is 2. The second kappa shape index (κ2) is 4.83. The molecule has 2 aliphatic rings. The molecule has 5 nitrogen and oxygen atoms in total. The summed E-state index contributed by atoms with van der Waals surface area (Å²) in [4.78, 5) is 16.4. The van der Waals surface area contributed by atoms with E-state index in [2.05, 4.69) is 9.88 Å². The minimum Gasteiger partial charge on any atom is -0.408 e. The van der Waals surface area contributed by atoms with Crippen LogP contribution >= 0.6 is 0 Å². The summed E-state index contributed by atoms with van der Waals surface area (Å²) in [5.74, 6) is 1.27. The van der Waals surface area contributed by atoms with Crippen LogP contribution < -0.4 is 16.4 Å². The molecule has 1 aromatic carbocycles. The number of benzene rings is 1. The molecule has 1 aromatic heterocycles. The lowest BCUT2D eigenvalue weighted by atomic mass is 9.75. The molecule has 1 aliphatic carbocycles. The molecule has 1 aliphatic heterocycles. The summed E-state index contributed by atoms with van der Waals surface area (Å²) in [5.41, 5.74) is 9.17. The highest BCUT2D eigenvalue weighted by atomic mass is 16.4. The van der Waals surface area contributed by atoms with E-state index >= 15 is 0 Å². The van der Waals surface area contributed by atoms with E-state index in [1.165, 1.54) is 32.1 Å². The molecule has 0 spiro atoms. The molecule has 3 N–H and O–H groups in total. The van der Waals surface area contributed by atoms with E-state index in [1.807, 2.05) is 6.07 Å². The molecule has 5 heteroatoms. The summed E-state index contributed by atoms with van der Waals surface area (Å²) in [7, 11) is 0. The van der Waals surface area contributed by atoms with Crippen LogP contribution in [0.5, 0.6) is 0 Å². The van der Waals surface area contributed by atoms with Crippen molar-refractivity contribution in [2.75, 3.05) is 23.7 Å². The fraction of sp³-hybridized carbons (Fsp3) is 0.562. The van der Waals surface area contributed by atoms with Gasteiger partial charge >= 0.3 is 5.76 Å². The maximum absolute atomic E-state index is 11.3. The number of aromatic amines is 1. The number of nitrogen functional groups attached to an aromatic ring is 1. The van der Waals surface area contributed by atoms with E-state index in [4.69, 9.17) is 10.2 Å². The first-order chi connectivity index (χ1) is 10.2. The molecular weight excluding hydrogens is 266 g/mol.